The van der Waals surface area contributed by atoms with Crippen molar-refractivity contribution in [2.24, 2.45) is 0 Å². The molecule has 0 radical (unpaired) electrons. The van der Waals surface area contributed by atoms with Gasteiger partial charge in [-0.1, -0.05) is 32.9 Å². The zero-order chi connectivity index (χ0) is 57.9. The summed E-state index contributed by atoms with van der Waals surface area (Å²) in [6.45, 7) is 11.3. The van der Waals surface area contributed by atoms with E-state index < -0.39 is 30.2 Å². The smallest absolute Gasteiger partial charge is 0.372 e. The lowest BCUT2D eigenvalue weighted by molar-refractivity contribution is 0.0599. The summed E-state index contributed by atoms with van der Waals surface area (Å²) in [4.78, 5) is 44.1. The van der Waals surface area contributed by atoms with E-state index in [1.54, 1.807) is 73.2 Å². The van der Waals surface area contributed by atoms with Crippen LogP contribution in [0.4, 0.5) is 8.78 Å². The minimum Gasteiger partial charge on any atom is -0.543 e. The van der Waals surface area contributed by atoms with Gasteiger partial charge in [-0.25, -0.2) is 9.59 Å². The highest BCUT2D eigenvalue weighted by Gasteiger charge is 2.39. The number of alkyl halides is 2. The van der Waals surface area contributed by atoms with Crippen molar-refractivity contribution in [3.05, 3.63) is 181 Å². The molecule has 416 valence electrons. The summed E-state index contributed by atoms with van der Waals surface area (Å²) in [5.74, 6) is -2.75. The van der Waals surface area contributed by atoms with Crippen LogP contribution in [0.3, 0.4) is 0 Å². The van der Waals surface area contributed by atoms with Crippen LogP contribution in [0.2, 0.25) is 18.1 Å². The second-order valence-electron chi connectivity index (χ2n) is 18.9. The Labute approximate surface area is 456 Å². The van der Waals surface area contributed by atoms with Gasteiger partial charge in [-0.15, -0.1) is 0 Å². The number of phenols is 2. The van der Waals surface area contributed by atoms with Gasteiger partial charge in [0, 0.05) is 45.8 Å². The number of ether oxygens (including phenoxy) is 3. The van der Waals surface area contributed by atoms with E-state index in [2.05, 4.69) is 42.8 Å². The zero-order valence-electron chi connectivity index (χ0n) is 43.6. The molecule has 18 nitrogen and oxygen atoms in total. The maximum atomic E-state index is 12.0. The Morgan fingerprint density at radius 2 is 1.00 bits per heavy atom. The number of rotatable bonds is 7. The van der Waals surface area contributed by atoms with E-state index in [9.17, 15) is 36.4 Å². The van der Waals surface area contributed by atoms with Crippen LogP contribution >= 0.6 is 0 Å². The van der Waals surface area contributed by atoms with Crippen molar-refractivity contribution in [2.75, 3.05) is 20.3 Å². The van der Waals surface area contributed by atoms with E-state index in [0.717, 1.165) is 32.9 Å². The zero-order valence-corrected chi connectivity index (χ0v) is 45.4. The maximum absolute atomic E-state index is 12.0. The predicted octanol–water partition coefficient (Wildman–Crippen LogP) is 13.5. The summed E-state index contributed by atoms with van der Waals surface area (Å²) in [6, 6.07) is 36.2. The Hall–Kier alpha value is -9.41. The maximum Gasteiger partial charge on any atom is 0.372 e. The van der Waals surface area contributed by atoms with Crippen molar-refractivity contribution in [3.8, 4) is 34.5 Å². The van der Waals surface area contributed by atoms with Crippen LogP contribution < -0.4 is 18.1 Å². The van der Waals surface area contributed by atoms with Crippen LogP contribution in [0, 0.1) is 0 Å². The van der Waals surface area contributed by atoms with Gasteiger partial charge in [0.05, 0.1) is 54.4 Å². The summed E-state index contributed by atoms with van der Waals surface area (Å²) in [5, 5.41) is 30.4. The van der Waals surface area contributed by atoms with Crippen LogP contribution in [0.1, 0.15) is 62.2 Å². The van der Waals surface area contributed by atoms with Crippen molar-refractivity contribution in [2.45, 2.75) is 44.7 Å². The molecule has 0 aliphatic carbocycles. The number of halogens is 2. The largest absolute Gasteiger partial charge is 0.543 e. The third kappa shape index (κ3) is 14.8. The van der Waals surface area contributed by atoms with Gasteiger partial charge in [-0.3, -0.25) is 9.59 Å². The van der Waals surface area contributed by atoms with E-state index in [1.807, 2.05) is 36.4 Å². The molecule has 0 atom stereocenters. The van der Waals surface area contributed by atoms with Crippen LogP contribution in [0.25, 0.3) is 43.9 Å². The minimum atomic E-state index is -4.88. The Kier molecular flexibility index (Phi) is 18.2. The van der Waals surface area contributed by atoms with Crippen molar-refractivity contribution in [3.63, 3.8) is 0 Å². The Balaban J connectivity index is 0.000000140. The number of carbonyl (C=O) groups is 4. The molecule has 0 unspecified atom stereocenters. The molecule has 0 fully saturated rings. The lowest BCUT2D eigenvalue weighted by Crippen LogP contribution is -2.43. The standard InChI is InChI=1S/C14H20O3Si.C10H8O3.C9H6F2O4S.C9H6O3.C8H6O3.C8H6O2/c1-14(2,3)18(4,5)17-10-6-7-11-12(15)9-16-13(11)8-10;1-12-10(11)8-3-2-7-4-5-13-9(7)6-8;10-9(11)16(12,13)15-7-2-1-6-3-4-14-8(6)5-7;10-9(11)7-2-1-6-3-4-12-8(6)5-7;9-5-1-2-6-7(10)4-11-8(6)3-5;9-7-2-1-6-3-4-10-8(6)5-7/h6-8H,9H2,1-5H3;2-6H,1H3;1-5,9H;1-5H,(H,10,11);1-3,9H,4H2;1-5,9H. The number of esters is 1. The molecule has 2 aliphatic heterocycles. The first-order valence-electron chi connectivity index (χ1n) is 24.0. The number of aromatic carboxylic acids is 1. The van der Waals surface area contributed by atoms with Crippen LogP contribution in [0.15, 0.2) is 176 Å². The second kappa shape index (κ2) is 24.9. The quantitative estimate of drug-likeness (QED) is 0.0761. The molecule has 22 heteroatoms. The number of hydrogen-bond acceptors (Lipinski definition) is 17. The van der Waals surface area contributed by atoms with E-state index in [0.29, 0.717) is 44.9 Å². The highest BCUT2D eigenvalue weighted by molar-refractivity contribution is 7.87. The Bertz CT molecular complexity index is 3940. The number of carboxylic acid groups (broad SMARTS) is 1. The monoisotopic (exact) mass is 1130 g/mol. The molecule has 3 N–H and O–H groups in total. The fraction of sp³-hybridized carbons (Fsp3) is 0.172. The molecule has 2 aliphatic rings. The molecular formula is C58H52F2O18SSi. The van der Waals surface area contributed by atoms with Gasteiger partial charge in [0.15, 0.2) is 13.2 Å². The molecule has 6 heterocycles. The Morgan fingerprint density at radius 1 is 0.575 bits per heavy atom. The first kappa shape index (κ1) is 58.3. The van der Waals surface area contributed by atoms with Gasteiger partial charge < -0.3 is 55.8 Å². The second-order valence-corrected chi connectivity index (χ2v) is 25.1. The molecule has 80 heavy (non-hydrogen) atoms. The number of furan rings is 4. The highest BCUT2D eigenvalue weighted by atomic mass is 32.2. The van der Waals surface area contributed by atoms with Crippen LogP contribution in [0.5, 0.6) is 34.5 Å². The first-order chi connectivity index (χ1) is 37.9. The number of carboxylic acids is 1. The molecule has 0 saturated carbocycles. The van der Waals surface area contributed by atoms with E-state index in [4.69, 9.17) is 46.9 Å². The van der Waals surface area contributed by atoms with E-state index in [-0.39, 0.29) is 58.6 Å². The number of ketones is 2. The topological polar surface area (TPSA) is 262 Å². The number of carbonyl (C=O) groups excluding carboxylic acids is 3. The summed E-state index contributed by atoms with van der Waals surface area (Å²) < 4.78 is 91.1. The van der Waals surface area contributed by atoms with Crippen molar-refractivity contribution < 1.29 is 92.2 Å². The van der Waals surface area contributed by atoms with Crippen molar-refractivity contribution in [1.82, 2.24) is 0 Å². The molecule has 0 amide bonds. The fourth-order valence-corrected chi connectivity index (χ4v) is 8.52. The molecule has 4 aromatic heterocycles. The number of phenolic OH excluding ortho intramolecular Hbond substituents is 2. The number of methoxy groups -OCH3 is 1. The fourth-order valence-electron chi connectivity index (χ4n) is 7.05. The molecular weight excluding hydrogens is 1080 g/mol. The predicted molar refractivity (Wildman–Crippen MR) is 292 cm³/mol. The lowest BCUT2D eigenvalue weighted by atomic mass is 10.1. The third-order valence-electron chi connectivity index (χ3n) is 12.3. The number of aromatic hydroxyl groups is 2. The number of hydrogen-bond donors (Lipinski definition) is 3. The van der Waals surface area contributed by atoms with Gasteiger partial charge in [0.2, 0.25) is 19.9 Å². The van der Waals surface area contributed by atoms with Gasteiger partial charge in [0.1, 0.15) is 56.8 Å². The third-order valence-corrected chi connectivity index (χ3v) is 17.5. The Morgan fingerprint density at radius 3 is 1.51 bits per heavy atom. The summed E-state index contributed by atoms with van der Waals surface area (Å²) in [7, 11) is -5.36. The van der Waals surface area contributed by atoms with Crippen LogP contribution in [-0.2, 0) is 14.9 Å². The lowest BCUT2D eigenvalue weighted by Gasteiger charge is -2.36. The van der Waals surface area contributed by atoms with Crippen molar-refractivity contribution in [1.29, 1.82) is 0 Å². The minimum absolute atomic E-state index is 0.0278. The summed E-state index contributed by atoms with van der Waals surface area (Å²) in [5.41, 5.74) is 4.36. The molecule has 6 aromatic carbocycles. The van der Waals surface area contributed by atoms with E-state index >= 15 is 0 Å². The van der Waals surface area contributed by atoms with E-state index in [1.165, 1.54) is 56.0 Å². The van der Waals surface area contributed by atoms with Gasteiger partial charge >= 0.3 is 27.8 Å². The highest BCUT2D eigenvalue weighted by Crippen LogP contribution is 2.39. The molecule has 0 saturated heterocycles. The number of benzene rings is 6. The molecule has 0 spiro atoms. The van der Waals surface area contributed by atoms with Gasteiger partial charge in [0.25, 0.3) is 0 Å². The average Bonchev–Trinajstić information content (AvgIpc) is 4.33. The van der Waals surface area contributed by atoms with Crippen molar-refractivity contribution >= 4 is 85.8 Å². The van der Waals surface area contributed by atoms with Crippen LogP contribution in [-0.4, -0.2) is 81.6 Å². The van der Waals surface area contributed by atoms with Gasteiger partial charge in [-0.2, -0.15) is 17.2 Å². The SMILES string of the molecule is CC(C)(C)[Si](C)(C)Oc1ccc2c(c1)OCC2=O.COC(=O)c1ccc2ccoc2c1.O=C(O)c1ccc2ccoc2c1.O=C1COc2cc(O)ccc21.O=S(=O)(Oc1ccc2ccoc2c1)C(F)F.Oc1ccc2ccoc2c1. The number of fused-ring (bicyclic) bond motifs is 6. The summed E-state index contributed by atoms with van der Waals surface area (Å²) >= 11 is 0. The summed E-state index contributed by atoms with van der Waals surface area (Å²) in [6.07, 6.45) is 6.13. The van der Waals surface area contributed by atoms with Gasteiger partial charge in [-0.05, 0) is 115 Å². The first-order valence-corrected chi connectivity index (χ1v) is 28.4. The average molecular weight is 1140 g/mol. The number of Topliss-reactive ketones (excluding diaryl/α,β-unsaturated/α-hetero) is 2. The molecule has 12 rings (SSSR count). The normalized spacial score (nSPS) is 12.4. The molecule has 0 bridgehead atoms. The molecule has 10 aromatic rings.